The standard InChI is InChI=1S/C27H35NO2/c29-26-12-7-19-6-9-23-22-8-5-18-3-1-2-4-20(18)21(22)10-11-24(23)27(19)25(26)17-28-13-15-30-16-14-28/h6-7,9,12,18,20-22,24H,1-5,8,10-11,13-17H2. The molecule has 0 aromatic carbocycles. The van der Waals surface area contributed by atoms with Crippen molar-refractivity contribution in [1.29, 1.82) is 0 Å². The molecule has 5 aliphatic carbocycles. The van der Waals surface area contributed by atoms with Crippen LogP contribution in [-0.4, -0.2) is 43.5 Å². The maximum atomic E-state index is 13.0. The second-order valence-corrected chi connectivity index (χ2v) is 10.5. The van der Waals surface area contributed by atoms with E-state index in [1.54, 1.807) is 5.57 Å². The van der Waals surface area contributed by atoms with Gasteiger partial charge in [-0.25, -0.2) is 0 Å². The van der Waals surface area contributed by atoms with E-state index in [0.29, 0.717) is 5.92 Å². The molecule has 0 amide bonds. The van der Waals surface area contributed by atoms with Crippen molar-refractivity contribution in [3.8, 4) is 0 Å². The Kier molecular flexibility index (Phi) is 5.08. The zero-order valence-electron chi connectivity index (χ0n) is 18.2. The van der Waals surface area contributed by atoms with Gasteiger partial charge in [-0.1, -0.05) is 43.1 Å². The summed E-state index contributed by atoms with van der Waals surface area (Å²) >= 11 is 0. The number of allylic oxidation sites excluding steroid dienone is 7. The Morgan fingerprint density at radius 1 is 0.900 bits per heavy atom. The van der Waals surface area contributed by atoms with Crippen molar-refractivity contribution in [2.24, 2.45) is 29.6 Å². The number of morpholine rings is 1. The lowest BCUT2D eigenvalue weighted by Crippen LogP contribution is -2.43. The summed E-state index contributed by atoms with van der Waals surface area (Å²) in [5.74, 6) is 4.37. The Morgan fingerprint density at radius 2 is 1.77 bits per heavy atom. The topological polar surface area (TPSA) is 29.5 Å². The predicted octanol–water partition coefficient (Wildman–Crippen LogP) is 4.86. The molecule has 3 saturated carbocycles. The van der Waals surface area contributed by atoms with Gasteiger partial charge >= 0.3 is 0 Å². The van der Waals surface area contributed by atoms with Crippen LogP contribution in [0, 0.1) is 29.6 Å². The first-order valence-electron chi connectivity index (χ1n) is 12.5. The minimum atomic E-state index is 0.244. The van der Waals surface area contributed by atoms with E-state index in [1.165, 1.54) is 62.5 Å². The third-order valence-electron chi connectivity index (χ3n) is 9.14. The lowest BCUT2D eigenvalue weighted by Gasteiger charge is -2.52. The Morgan fingerprint density at radius 3 is 2.67 bits per heavy atom. The summed E-state index contributed by atoms with van der Waals surface area (Å²) in [5.41, 5.74) is 5.44. The second kappa shape index (κ2) is 7.91. The molecular weight excluding hydrogens is 370 g/mol. The van der Waals surface area contributed by atoms with Crippen LogP contribution < -0.4 is 0 Å². The minimum Gasteiger partial charge on any atom is -0.379 e. The third-order valence-corrected chi connectivity index (χ3v) is 9.14. The molecule has 1 saturated heterocycles. The van der Waals surface area contributed by atoms with E-state index >= 15 is 0 Å². The quantitative estimate of drug-likeness (QED) is 0.657. The van der Waals surface area contributed by atoms with Gasteiger partial charge in [0.1, 0.15) is 0 Å². The molecule has 1 heterocycles. The molecule has 0 radical (unpaired) electrons. The summed E-state index contributed by atoms with van der Waals surface area (Å²) in [7, 11) is 0. The van der Waals surface area contributed by atoms with Crippen LogP contribution in [0.25, 0.3) is 0 Å². The minimum absolute atomic E-state index is 0.244. The van der Waals surface area contributed by atoms with Gasteiger partial charge in [-0.2, -0.15) is 0 Å². The van der Waals surface area contributed by atoms with Crippen LogP contribution in [0.4, 0.5) is 0 Å². The van der Waals surface area contributed by atoms with Crippen LogP contribution in [0.15, 0.2) is 46.6 Å². The van der Waals surface area contributed by atoms with Crippen LogP contribution in [0.1, 0.15) is 51.4 Å². The van der Waals surface area contributed by atoms with Crippen molar-refractivity contribution in [3.05, 3.63) is 46.6 Å². The summed E-state index contributed by atoms with van der Waals surface area (Å²) in [6.45, 7) is 4.25. The molecule has 5 unspecified atom stereocenters. The average Bonchev–Trinajstić information content (AvgIpc) is 2.80. The maximum absolute atomic E-state index is 13.0. The van der Waals surface area contributed by atoms with Gasteiger partial charge in [0.25, 0.3) is 0 Å². The smallest absolute Gasteiger partial charge is 0.183 e. The molecule has 0 N–H and O–H groups in total. The molecule has 0 bridgehead atoms. The van der Waals surface area contributed by atoms with E-state index in [0.717, 1.165) is 62.1 Å². The summed E-state index contributed by atoms with van der Waals surface area (Å²) < 4.78 is 5.53. The Bertz CT molecular complexity index is 841. The summed E-state index contributed by atoms with van der Waals surface area (Å²) in [6.07, 6.45) is 20.0. The van der Waals surface area contributed by atoms with Gasteiger partial charge in [-0.3, -0.25) is 9.69 Å². The number of fused-ring (bicyclic) bond motifs is 7. The Balaban J connectivity index is 1.32. The summed E-state index contributed by atoms with van der Waals surface area (Å²) in [6, 6.07) is 0. The number of nitrogens with zero attached hydrogens (tertiary/aromatic N) is 1. The summed E-state index contributed by atoms with van der Waals surface area (Å²) in [4.78, 5) is 15.4. The van der Waals surface area contributed by atoms with E-state index in [1.807, 2.05) is 6.08 Å². The van der Waals surface area contributed by atoms with E-state index in [-0.39, 0.29) is 5.78 Å². The van der Waals surface area contributed by atoms with E-state index < -0.39 is 0 Å². The van der Waals surface area contributed by atoms with Crippen LogP contribution in [0.5, 0.6) is 0 Å². The first kappa shape index (κ1) is 19.3. The van der Waals surface area contributed by atoms with E-state index in [2.05, 4.69) is 23.1 Å². The molecule has 4 fully saturated rings. The zero-order valence-corrected chi connectivity index (χ0v) is 18.2. The number of hydrogen-bond acceptors (Lipinski definition) is 3. The van der Waals surface area contributed by atoms with Crippen LogP contribution in [0.2, 0.25) is 0 Å². The second-order valence-electron chi connectivity index (χ2n) is 10.5. The molecule has 6 aliphatic rings. The molecule has 0 aromatic heterocycles. The Hall–Kier alpha value is -1.45. The van der Waals surface area contributed by atoms with Gasteiger partial charge in [0, 0.05) is 31.1 Å². The normalized spacial score (nSPS) is 38.8. The lowest BCUT2D eigenvalue weighted by atomic mass is 9.53. The molecule has 0 aromatic rings. The number of ether oxygens (including phenoxy) is 1. The number of carbonyl (C=O) groups is 1. The first-order chi connectivity index (χ1) is 14.8. The highest BCUT2D eigenvalue weighted by Gasteiger charge is 2.47. The molecule has 0 spiro atoms. The monoisotopic (exact) mass is 405 g/mol. The van der Waals surface area contributed by atoms with Crippen LogP contribution in [0.3, 0.4) is 0 Å². The van der Waals surface area contributed by atoms with Gasteiger partial charge in [-0.15, -0.1) is 0 Å². The van der Waals surface area contributed by atoms with Gasteiger partial charge in [0.05, 0.1) is 13.2 Å². The average molecular weight is 406 g/mol. The number of ketones is 1. The van der Waals surface area contributed by atoms with E-state index in [4.69, 9.17) is 4.74 Å². The molecule has 30 heavy (non-hydrogen) atoms. The van der Waals surface area contributed by atoms with Gasteiger partial charge in [0.15, 0.2) is 5.78 Å². The predicted molar refractivity (Wildman–Crippen MR) is 119 cm³/mol. The Labute approximate surface area is 180 Å². The molecule has 5 atom stereocenters. The van der Waals surface area contributed by atoms with Gasteiger partial charge in [0.2, 0.25) is 0 Å². The largest absolute Gasteiger partial charge is 0.379 e. The third kappa shape index (κ3) is 3.20. The van der Waals surface area contributed by atoms with Crippen molar-refractivity contribution in [1.82, 2.24) is 4.90 Å². The van der Waals surface area contributed by atoms with Crippen molar-refractivity contribution in [2.75, 3.05) is 32.8 Å². The van der Waals surface area contributed by atoms with Crippen molar-refractivity contribution in [3.63, 3.8) is 0 Å². The lowest BCUT2D eigenvalue weighted by molar-refractivity contribution is -0.111. The van der Waals surface area contributed by atoms with Crippen LogP contribution in [-0.2, 0) is 9.53 Å². The fourth-order valence-corrected chi connectivity index (χ4v) is 7.78. The highest BCUT2D eigenvalue weighted by molar-refractivity contribution is 6.07. The molecule has 1 aliphatic heterocycles. The van der Waals surface area contributed by atoms with E-state index in [9.17, 15) is 4.79 Å². The van der Waals surface area contributed by atoms with Gasteiger partial charge in [-0.05, 0) is 73.0 Å². The first-order valence-corrected chi connectivity index (χ1v) is 12.5. The van der Waals surface area contributed by atoms with Gasteiger partial charge < -0.3 is 4.74 Å². The zero-order chi connectivity index (χ0) is 20.1. The number of carbonyl (C=O) groups excluding carboxylic acids is 1. The molecule has 160 valence electrons. The highest BCUT2D eigenvalue weighted by Crippen LogP contribution is 2.57. The van der Waals surface area contributed by atoms with Crippen molar-refractivity contribution in [2.45, 2.75) is 51.4 Å². The number of rotatable bonds is 2. The SMILES string of the molecule is O=C1C=CC2=CC=C3C(CCC4C3CCC3CCCCC34)C2=C1CN1CCOCC1. The maximum Gasteiger partial charge on any atom is 0.183 e. The number of hydrogen-bond donors (Lipinski definition) is 0. The fourth-order valence-electron chi connectivity index (χ4n) is 7.78. The summed E-state index contributed by atoms with van der Waals surface area (Å²) in [5, 5.41) is 0. The van der Waals surface area contributed by atoms with Crippen molar-refractivity contribution >= 4 is 5.78 Å². The molecule has 6 rings (SSSR count). The fraction of sp³-hybridized carbons (Fsp3) is 0.667. The molecule has 3 nitrogen and oxygen atoms in total. The molecular formula is C27H35NO2. The molecule has 3 heteroatoms. The van der Waals surface area contributed by atoms with Crippen LogP contribution >= 0.6 is 0 Å². The highest BCUT2D eigenvalue weighted by atomic mass is 16.5. The van der Waals surface area contributed by atoms with Crippen molar-refractivity contribution < 1.29 is 9.53 Å².